The van der Waals surface area contributed by atoms with Crippen molar-refractivity contribution in [3.8, 4) is 39.6 Å². The number of fused-ring (bicyclic) bond motifs is 3. The molecule has 0 spiro atoms. The Bertz CT molecular complexity index is 2160. The molecule has 0 unspecified atom stereocenters. The zero-order chi connectivity index (χ0) is 30.7. The second-order valence-corrected chi connectivity index (χ2v) is 12.4. The fourth-order valence-corrected chi connectivity index (χ4v) is 7.28. The molecule has 44 heavy (non-hydrogen) atoms. The summed E-state index contributed by atoms with van der Waals surface area (Å²) in [7, 11) is 0. The van der Waals surface area contributed by atoms with E-state index in [2.05, 4.69) is 125 Å². The fourth-order valence-electron chi connectivity index (χ4n) is 7.05. The molecule has 0 atom stereocenters. The molecule has 0 aliphatic heterocycles. The number of aryl methyl sites for hydroxylation is 6. The number of hydrogen-bond donors (Lipinski definition) is 0. The number of hydrogen-bond acceptors (Lipinski definition) is 2. The molecule has 0 N–H and O–H groups in total. The van der Waals surface area contributed by atoms with Gasteiger partial charge in [-0.2, -0.15) is 0 Å². The van der Waals surface area contributed by atoms with Gasteiger partial charge in [0.25, 0.3) is 0 Å². The van der Waals surface area contributed by atoms with Crippen molar-refractivity contribution in [2.24, 2.45) is 0 Å². The average molecular weight is 592 g/mol. The summed E-state index contributed by atoms with van der Waals surface area (Å²) < 4.78 is 2.30. The maximum atomic E-state index is 7.05. The van der Waals surface area contributed by atoms with Gasteiger partial charge in [-0.3, -0.25) is 4.57 Å². The van der Waals surface area contributed by atoms with Gasteiger partial charge < -0.3 is 0 Å². The standard InChI is InChI=1S/C40H34ClN3/c1-23-19-25(3)35(26(4)20-23)38-37(31-15-7-10-16-32(31)41)40(43-39(42-38)36-27(5)21-24(2)22-28(36)6)44-33-17-11-8-13-29(33)30-14-9-12-18-34(30)44/h7-22H,1-6H3. The van der Waals surface area contributed by atoms with Gasteiger partial charge in [-0.1, -0.05) is 102 Å². The van der Waals surface area contributed by atoms with Crippen LogP contribution in [0.3, 0.4) is 0 Å². The summed E-state index contributed by atoms with van der Waals surface area (Å²) in [6.07, 6.45) is 0. The zero-order valence-electron chi connectivity index (χ0n) is 26.0. The highest BCUT2D eigenvalue weighted by atomic mass is 35.5. The van der Waals surface area contributed by atoms with Crippen molar-refractivity contribution >= 4 is 33.4 Å². The molecule has 4 heteroatoms. The van der Waals surface area contributed by atoms with E-state index in [9.17, 15) is 0 Å². The summed E-state index contributed by atoms with van der Waals surface area (Å²) in [4.78, 5) is 11.0. The minimum absolute atomic E-state index is 0.664. The van der Waals surface area contributed by atoms with Crippen LogP contribution in [0.2, 0.25) is 5.02 Å². The fraction of sp³-hybridized carbons (Fsp3) is 0.150. The van der Waals surface area contributed by atoms with Crippen LogP contribution in [0.4, 0.5) is 0 Å². The second-order valence-electron chi connectivity index (χ2n) is 12.0. The third kappa shape index (κ3) is 4.51. The number of nitrogens with zero attached hydrogens (tertiary/aromatic N) is 3. The molecule has 2 heterocycles. The summed E-state index contributed by atoms with van der Waals surface area (Å²) in [6, 6.07) is 34.1. The Kier molecular flexibility index (Phi) is 6.87. The summed E-state index contributed by atoms with van der Waals surface area (Å²) >= 11 is 7.05. The second kappa shape index (κ2) is 10.8. The minimum Gasteiger partial charge on any atom is -0.293 e. The predicted octanol–water partition coefficient (Wildman–Crippen LogP) is 11.1. The first-order valence-electron chi connectivity index (χ1n) is 15.0. The monoisotopic (exact) mass is 591 g/mol. The van der Waals surface area contributed by atoms with Crippen LogP contribution in [0.1, 0.15) is 33.4 Å². The third-order valence-corrected chi connectivity index (χ3v) is 8.97. The molecule has 216 valence electrons. The molecule has 3 nitrogen and oxygen atoms in total. The van der Waals surface area contributed by atoms with Crippen molar-refractivity contribution in [3.05, 3.63) is 135 Å². The summed E-state index contributed by atoms with van der Waals surface area (Å²) in [5.41, 5.74) is 14.2. The maximum absolute atomic E-state index is 7.05. The molecule has 0 fully saturated rings. The van der Waals surface area contributed by atoms with Crippen LogP contribution in [-0.2, 0) is 0 Å². The van der Waals surface area contributed by atoms with E-state index in [-0.39, 0.29) is 0 Å². The van der Waals surface area contributed by atoms with Gasteiger partial charge in [0, 0.05) is 32.5 Å². The Morgan fingerprint density at radius 3 is 1.55 bits per heavy atom. The van der Waals surface area contributed by atoms with E-state index in [0.29, 0.717) is 10.8 Å². The molecule has 5 aromatic carbocycles. The highest BCUT2D eigenvalue weighted by molar-refractivity contribution is 6.33. The number of para-hydroxylation sites is 2. The van der Waals surface area contributed by atoms with Gasteiger partial charge in [-0.05, 0) is 82.0 Å². The molecule has 0 saturated carbocycles. The normalized spacial score (nSPS) is 11.5. The first-order chi connectivity index (χ1) is 21.2. The summed E-state index contributed by atoms with van der Waals surface area (Å²) in [5.74, 6) is 1.52. The molecule has 7 aromatic rings. The van der Waals surface area contributed by atoms with Crippen molar-refractivity contribution in [1.82, 2.24) is 14.5 Å². The Morgan fingerprint density at radius 2 is 1.00 bits per heavy atom. The van der Waals surface area contributed by atoms with E-state index in [1.54, 1.807) is 0 Å². The highest BCUT2D eigenvalue weighted by Crippen LogP contribution is 2.44. The van der Waals surface area contributed by atoms with E-state index in [1.807, 2.05) is 18.2 Å². The van der Waals surface area contributed by atoms with Gasteiger partial charge in [0.2, 0.25) is 0 Å². The largest absolute Gasteiger partial charge is 0.293 e. The zero-order valence-corrected chi connectivity index (χ0v) is 26.7. The van der Waals surface area contributed by atoms with E-state index < -0.39 is 0 Å². The lowest BCUT2D eigenvalue weighted by Gasteiger charge is -2.22. The Balaban J connectivity index is 1.74. The number of benzene rings is 5. The molecule has 0 aliphatic carbocycles. The molecule has 2 aromatic heterocycles. The van der Waals surface area contributed by atoms with Crippen LogP contribution in [0.15, 0.2) is 97.1 Å². The van der Waals surface area contributed by atoms with E-state index in [0.717, 1.165) is 55.9 Å². The molecule has 7 rings (SSSR count). The van der Waals surface area contributed by atoms with E-state index >= 15 is 0 Å². The highest BCUT2D eigenvalue weighted by Gasteiger charge is 2.26. The van der Waals surface area contributed by atoms with Crippen LogP contribution in [0.5, 0.6) is 0 Å². The van der Waals surface area contributed by atoms with Crippen molar-refractivity contribution in [1.29, 1.82) is 0 Å². The van der Waals surface area contributed by atoms with E-state index in [4.69, 9.17) is 21.6 Å². The molecular formula is C40H34ClN3. The van der Waals surface area contributed by atoms with Crippen molar-refractivity contribution < 1.29 is 0 Å². The van der Waals surface area contributed by atoms with Crippen molar-refractivity contribution in [3.63, 3.8) is 0 Å². The molecular weight excluding hydrogens is 558 g/mol. The third-order valence-electron chi connectivity index (χ3n) is 8.64. The molecule has 0 amide bonds. The smallest absolute Gasteiger partial charge is 0.162 e. The van der Waals surface area contributed by atoms with Crippen LogP contribution < -0.4 is 0 Å². The van der Waals surface area contributed by atoms with Gasteiger partial charge in [-0.25, -0.2) is 9.97 Å². The van der Waals surface area contributed by atoms with Crippen molar-refractivity contribution in [2.75, 3.05) is 0 Å². The average Bonchev–Trinajstić information content (AvgIpc) is 3.31. The van der Waals surface area contributed by atoms with Gasteiger partial charge in [0.15, 0.2) is 5.82 Å². The first-order valence-corrected chi connectivity index (χ1v) is 15.4. The number of rotatable bonds is 4. The Morgan fingerprint density at radius 1 is 0.523 bits per heavy atom. The van der Waals surface area contributed by atoms with Crippen LogP contribution in [0.25, 0.3) is 61.4 Å². The summed E-state index contributed by atoms with van der Waals surface area (Å²) in [6.45, 7) is 12.9. The molecule has 0 saturated heterocycles. The predicted molar refractivity (Wildman–Crippen MR) is 186 cm³/mol. The van der Waals surface area contributed by atoms with Crippen LogP contribution in [-0.4, -0.2) is 14.5 Å². The van der Waals surface area contributed by atoms with Gasteiger partial charge in [0.05, 0.1) is 22.3 Å². The van der Waals surface area contributed by atoms with Crippen LogP contribution >= 0.6 is 11.6 Å². The molecule has 0 bridgehead atoms. The number of aromatic nitrogens is 3. The molecule has 0 aliphatic rings. The maximum Gasteiger partial charge on any atom is 0.162 e. The topological polar surface area (TPSA) is 30.7 Å². The van der Waals surface area contributed by atoms with E-state index in [1.165, 1.54) is 33.0 Å². The quantitative estimate of drug-likeness (QED) is 0.204. The SMILES string of the molecule is Cc1cc(C)c(-c2nc(-c3c(C)cc(C)cc3C)c(-c3ccccc3Cl)c(-n3c4ccccc4c4ccccc43)n2)c(C)c1. The Hall–Kier alpha value is -4.73. The number of halogens is 1. The summed E-state index contributed by atoms with van der Waals surface area (Å²) in [5, 5.41) is 3.03. The molecule has 0 radical (unpaired) electrons. The lowest BCUT2D eigenvalue weighted by atomic mass is 9.91. The van der Waals surface area contributed by atoms with Gasteiger partial charge in [-0.15, -0.1) is 0 Å². The van der Waals surface area contributed by atoms with Gasteiger partial charge in [0.1, 0.15) is 5.82 Å². The minimum atomic E-state index is 0.664. The van der Waals surface area contributed by atoms with Crippen molar-refractivity contribution in [2.45, 2.75) is 41.5 Å². The lowest BCUT2D eigenvalue weighted by Crippen LogP contribution is -2.09. The lowest BCUT2D eigenvalue weighted by molar-refractivity contribution is 1.04. The van der Waals surface area contributed by atoms with Crippen LogP contribution in [0, 0.1) is 41.5 Å². The van der Waals surface area contributed by atoms with Gasteiger partial charge >= 0.3 is 0 Å². The Labute approximate surface area is 263 Å². The first kappa shape index (κ1) is 28.1.